The van der Waals surface area contributed by atoms with E-state index in [9.17, 15) is 0 Å². The van der Waals surface area contributed by atoms with Gasteiger partial charge >= 0.3 is 0 Å². The highest BCUT2D eigenvalue weighted by Gasteiger charge is 2.46. The molecule has 5 heteroatoms. The summed E-state index contributed by atoms with van der Waals surface area (Å²) in [6.45, 7) is 5.09. The van der Waals surface area contributed by atoms with Crippen molar-refractivity contribution in [3.05, 3.63) is 12.3 Å². The topological polar surface area (TPSA) is 47.5 Å². The Bertz CT molecular complexity index is 446. The summed E-state index contributed by atoms with van der Waals surface area (Å²) in [6, 6.07) is 2.25. The van der Waals surface area contributed by atoms with Gasteiger partial charge in [0.25, 0.3) is 0 Å². The van der Waals surface area contributed by atoms with Crippen LogP contribution in [0, 0.1) is 5.41 Å². The van der Waals surface area contributed by atoms with Crippen LogP contribution in [0.15, 0.2) is 12.3 Å². The van der Waals surface area contributed by atoms with E-state index in [0.29, 0.717) is 17.3 Å². The smallest absolute Gasteiger partial charge is 0.228 e. The van der Waals surface area contributed by atoms with Crippen LogP contribution in [-0.2, 0) is 4.74 Å². The molecule has 0 aliphatic carbocycles. The molecule has 0 N–H and O–H groups in total. The van der Waals surface area contributed by atoms with Gasteiger partial charge < -0.3 is 14.4 Å². The second-order valence-electron chi connectivity index (χ2n) is 5.49. The van der Waals surface area contributed by atoms with Crippen LogP contribution >= 0.6 is 0 Å². The van der Waals surface area contributed by atoms with Crippen LogP contribution in [-0.4, -0.2) is 42.9 Å². The minimum atomic E-state index is 0.380. The van der Waals surface area contributed by atoms with Crippen LogP contribution in [0.5, 0.6) is 5.88 Å². The van der Waals surface area contributed by atoms with E-state index in [0.717, 1.165) is 38.5 Å². The van der Waals surface area contributed by atoms with Crippen LogP contribution in [0.1, 0.15) is 26.2 Å². The molecule has 2 saturated heterocycles. The quantitative estimate of drug-likeness (QED) is 0.815. The summed E-state index contributed by atoms with van der Waals surface area (Å²) in [7, 11) is 1.64. The van der Waals surface area contributed by atoms with E-state index in [1.165, 1.54) is 6.42 Å². The lowest BCUT2D eigenvalue weighted by Crippen LogP contribution is -2.41. The first-order chi connectivity index (χ1) is 9.25. The summed E-state index contributed by atoms with van der Waals surface area (Å²) in [5.74, 6) is 1.42. The zero-order chi connectivity index (χ0) is 13.3. The number of hydrogen-bond donors (Lipinski definition) is 0. The van der Waals surface area contributed by atoms with Crippen molar-refractivity contribution in [1.29, 1.82) is 0 Å². The van der Waals surface area contributed by atoms with Crippen LogP contribution in [0.2, 0.25) is 0 Å². The maximum atomic E-state index is 5.51. The third kappa shape index (κ3) is 2.16. The van der Waals surface area contributed by atoms with Crippen molar-refractivity contribution in [2.24, 2.45) is 5.41 Å². The van der Waals surface area contributed by atoms with Crippen molar-refractivity contribution >= 4 is 5.95 Å². The summed E-state index contributed by atoms with van der Waals surface area (Å²) in [5.41, 5.74) is 0.380. The number of rotatable bonds is 2. The molecule has 1 aromatic rings. The number of ether oxygens (including phenoxy) is 2. The highest BCUT2D eigenvalue weighted by molar-refractivity contribution is 5.37. The molecule has 1 atom stereocenters. The number of aromatic nitrogens is 2. The SMILES string of the molecule is COc1ccnc(N2CCC3(CCOCC3)[C@@H]2C)n1. The van der Waals surface area contributed by atoms with E-state index in [-0.39, 0.29) is 0 Å². The van der Waals surface area contributed by atoms with Crippen LogP contribution in [0.25, 0.3) is 0 Å². The maximum Gasteiger partial charge on any atom is 0.228 e. The van der Waals surface area contributed by atoms with Gasteiger partial charge in [0.2, 0.25) is 11.8 Å². The Balaban J connectivity index is 1.82. The number of hydrogen-bond acceptors (Lipinski definition) is 5. The Morgan fingerprint density at radius 1 is 1.37 bits per heavy atom. The van der Waals surface area contributed by atoms with Crippen molar-refractivity contribution in [2.45, 2.75) is 32.2 Å². The summed E-state index contributed by atoms with van der Waals surface area (Å²) in [5, 5.41) is 0. The van der Waals surface area contributed by atoms with Crippen molar-refractivity contribution in [1.82, 2.24) is 9.97 Å². The van der Waals surface area contributed by atoms with Gasteiger partial charge in [-0.3, -0.25) is 0 Å². The fourth-order valence-corrected chi connectivity index (χ4v) is 3.38. The Kier molecular flexibility index (Phi) is 3.31. The van der Waals surface area contributed by atoms with Crippen molar-refractivity contribution < 1.29 is 9.47 Å². The van der Waals surface area contributed by atoms with Crippen molar-refractivity contribution in [3.63, 3.8) is 0 Å². The highest BCUT2D eigenvalue weighted by atomic mass is 16.5. The molecule has 2 fully saturated rings. The van der Waals surface area contributed by atoms with Gasteiger partial charge in [0.1, 0.15) is 0 Å². The summed E-state index contributed by atoms with van der Waals surface area (Å²) in [4.78, 5) is 11.2. The summed E-state index contributed by atoms with van der Waals surface area (Å²) in [6.07, 6.45) is 5.27. The molecule has 19 heavy (non-hydrogen) atoms. The fourth-order valence-electron chi connectivity index (χ4n) is 3.38. The van der Waals surface area contributed by atoms with Crippen LogP contribution in [0.3, 0.4) is 0 Å². The largest absolute Gasteiger partial charge is 0.481 e. The minimum Gasteiger partial charge on any atom is -0.481 e. The molecule has 104 valence electrons. The molecule has 0 aromatic carbocycles. The first-order valence-corrected chi connectivity index (χ1v) is 6.97. The van der Waals surface area contributed by atoms with Gasteiger partial charge in [-0.25, -0.2) is 4.98 Å². The molecule has 0 bridgehead atoms. The van der Waals surface area contributed by atoms with E-state index in [1.807, 2.05) is 0 Å². The van der Waals surface area contributed by atoms with Crippen LogP contribution < -0.4 is 9.64 Å². The van der Waals surface area contributed by atoms with E-state index in [1.54, 1.807) is 19.4 Å². The molecule has 1 aromatic heterocycles. The molecule has 0 amide bonds. The minimum absolute atomic E-state index is 0.380. The second kappa shape index (κ2) is 4.96. The Hall–Kier alpha value is -1.36. The third-order valence-electron chi connectivity index (χ3n) is 4.78. The number of nitrogens with zero attached hydrogens (tertiary/aromatic N) is 3. The lowest BCUT2D eigenvalue weighted by atomic mass is 9.74. The van der Waals surface area contributed by atoms with Gasteiger partial charge in [-0.15, -0.1) is 0 Å². The lowest BCUT2D eigenvalue weighted by Gasteiger charge is -2.38. The predicted molar refractivity (Wildman–Crippen MR) is 72.5 cm³/mol. The van der Waals surface area contributed by atoms with Gasteiger partial charge in [0.05, 0.1) is 7.11 Å². The van der Waals surface area contributed by atoms with Gasteiger partial charge in [0.15, 0.2) is 0 Å². The second-order valence-corrected chi connectivity index (χ2v) is 5.49. The average Bonchev–Trinajstić information content (AvgIpc) is 2.77. The van der Waals surface area contributed by atoms with E-state index >= 15 is 0 Å². The highest BCUT2D eigenvalue weighted by Crippen LogP contribution is 2.45. The standard InChI is InChI=1S/C14H21N3O2/c1-11-14(5-9-19-10-6-14)4-8-17(11)13-15-7-3-12(16-13)18-2/h3,7,11H,4-6,8-10H2,1-2H3/t11-/m0/s1. The van der Waals surface area contributed by atoms with Crippen molar-refractivity contribution in [2.75, 3.05) is 31.8 Å². The molecule has 1 spiro atoms. The third-order valence-corrected chi connectivity index (χ3v) is 4.78. The Morgan fingerprint density at radius 2 is 2.16 bits per heavy atom. The first-order valence-electron chi connectivity index (χ1n) is 6.97. The fraction of sp³-hybridized carbons (Fsp3) is 0.714. The average molecular weight is 263 g/mol. The Morgan fingerprint density at radius 3 is 2.89 bits per heavy atom. The van der Waals surface area contributed by atoms with Gasteiger partial charge in [-0.1, -0.05) is 0 Å². The molecule has 0 unspecified atom stereocenters. The number of methoxy groups -OCH3 is 1. The molecule has 2 aliphatic heterocycles. The zero-order valence-corrected chi connectivity index (χ0v) is 11.6. The lowest BCUT2D eigenvalue weighted by molar-refractivity contribution is 0.0128. The van der Waals surface area contributed by atoms with Gasteiger partial charge in [-0.05, 0) is 31.6 Å². The zero-order valence-electron chi connectivity index (χ0n) is 11.6. The summed E-state index contributed by atoms with van der Waals surface area (Å²) >= 11 is 0. The normalized spacial score (nSPS) is 25.8. The van der Waals surface area contributed by atoms with Crippen molar-refractivity contribution in [3.8, 4) is 5.88 Å². The van der Waals surface area contributed by atoms with E-state index in [2.05, 4.69) is 21.8 Å². The molecule has 0 saturated carbocycles. The molecular formula is C14H21N3O2. The van der Waals surface area contributed by atoms with Gasteiger partial charge in [-0.2, -0.15) is 4.98 Å². The predicted octanol–water partition coefficient (Wildman–Crippen LogP) is 1.88. The molecular weight excluding hydrogens is 242 g/mol. The molecule has 3 heterocycles. The van der Waals surface area contributed by atoms with E-state index < -0.39 is 0 Å². The molecule has 2 aliphatic rings. The molecule has 5 nitrogen and oxygen atoms in total. The van der Waals surface area contributed by atoms with Crippen LogP contribution in [0.4, 0.5) is 5.95 Å². The molecule has 3 rings (SSSR count). The number of anilines is 1. The van der Waals surface area contributed by atoms with Gasteiger partial charge in [0, 0.05) is 38.1 Å². The Labute approximate surface area is 113 Å². The monoisotopic (exact) mass is 263 g/mol. The molecule has 0 radical (unpaired) electrons. The summed E-state index contributed by atoms with van der Waals surface area (Å²) < 4.78 is 10.7. The van der Waals surface area contributed by atoms with E-state index in [4.69, 9.17) is 9.47 Å². The maximum absolute atomic E-state index is 5.51. The first kappa shape index (κ1) is 12.7.